The van der Waals surface area contributed by atoms with Gasteiger partial charge in [0.25, 0.3) is 5.91 Å². The Kier molecular flexibility index (Phi) is 3.68. The van der Waals surface area contributed by atoms with Crippen molar-refractivity contribution >= 4 is 34.4 Å². The standard InChI is InChI=1S/C13H12FIN4O/c14-8-4-5-10(15)9(6-8)12(20)17-13-16-11(18-19-13)7-2-1-3-7/h4-7H,1-3H2,(H2,16,17,18,19,20). The van der Waals surface area contributed by atoms with E-state index in [1.807, 2.05) is 22.6 Å². The first-order chi connectivity index (χ1) is 9.63. The third-order valence-corrected chi connectivity index (χ3v) is 4.33. The lowest BCUT2D eigenvalue weighted by Crippen LogP contribution is -2.15. The lowest BCUT2D eigenvalue weighted by molar-refractivity contribution is 0.102. The SMILES string of the molecule is O=C(Nc1n[nH]c(C2CCC2)n1)c1cc(F)ccc1I. The van der Waals surface area contributed by atoms with E-state index in [0.717, 1.165) is 18.7 Å². The summed E-state index contributed by atoms with van der Waals surface area (Å²) in [6.07, 6.45) is 3.41. The van der Waals surface area contributed by atoms with Crippen LogP contribution in [0.3, 0.4) is 0 Å². The molecule has 0 unspecified atom stereocenters. The molecule has 20 heavy (non-hydrogen) atoms. The number of nitrogens with one attached hydrogen (secondary N) is 2. The van der Waals surface area contributed by atoms with E-state index in [1.165, 1.54) is 18.6 Å². The fourth-order valence-corrected chi connectivity index (χ4v) is 2.62. The monoisotopic (exact) mass is 386 g/mol. The smallest absolute Gasteiger partial charge is 0.259 e. The summed E-state index contributed by atoms with van der Waals surface area (Å²) in [4.78, 5) is 16.3. The second-order valence-electron chi connectivity index (χ2n) is 4.75. The third-order valence-electron chi connectivity index (χ3n) is 3.39. The minimum Gasteiger partial charge on any atom is -0.289 e. The molecule has 0 saturated heterocycles. The van der Waals surface area contributed by atoms with Gasteiger partial charge in [-0.2, -0.15) is 4.98 Å². The Labute approximate surface area is 128 Å². The summed E-state index contributed by atoms with van der Waals surface area (Å²) in [5.41, 5.74) is 0.278. The molecular formula is C13H12FIN4O. The molecule has 0 bridgehead atoms. The highest BCUT2D eigenvalue weighted by molar-refractivity contribution is 14.1. The van der Waals surface area contributed by atoms with Gasteiger partial charge in [-0.1, -0.05) is 6.42 Å². The maximum absolute atomic E-state index is 13.2. The zero-order valence-electron chi connectivity index (χ0n) is 10.5. The number of aromatic amines is 1. The van der Waals surface area contributed by atoms with Crippen LogP contribution < -0.4 is 5.32 Å². The van der Waals surface area contributed by atoms with Crippen LogP contribution in [0.5, 0.6) is 0 Å². The number of hydrogen-bond donors (Lipinski definition) is 2. The number of amides is 1. The maximum atomic E-state index is 13.2. The highest BCUT2D eigenvalue weighted by atomic mass is 127. The lowest BCUT2D eigenvalue weighted by Gasteiger charge is -2.22. The van der Waals surface area contributed by atoms with E-state index < -0.39 is 11.7 Å². The van der Waals surface area contributed by atoms with Crippen molar-refractivity contribution in [1.82, 2.24) is 15.2 Å². The summed E-state index contributed by atoms with van der Waals surface area (Å²) in [5, 5.41) is 9.40. The molecule has 1 aliphatic carbocycles. The van der Waals surface area contributed by atoms with Gasteiger partial charge in [-0.3, -0.25) is 15.2 Å². The molecular weight excluding hydrogens is 374 g/mol. The van der Waals surface area contributed by atoms with Gasteiger partial charge in [0.05, 0.1) is 5.56 Å². The quantitative estimate of drug-likeness (QED) is 0.797. The van der Waals surface area contributed by atoms with Gasteiger partial charge < -0.3 is 0 Å². The molecule has 1 aliphatic rings. The molecule has 3 rings (SSSR count). The Hall–Kier alpha value is -1.51. The Morgan fingerprint density at radius 2 is 2.25 bits per heavy atom. The Morgan fingerprint density at radius 3 is 2.95 bits per heavy atom. The van der Waals surface area contributed by atoms with Crippen LogP contribution in [0, 0.1) is 9.39 Å². The maximum Gasteiger partial charge on any atom is 0.259 e. The van der Waals surface area contributed by atoms with Crippen LogP contribution in [-0.2, 0) is 0 Å². The van der Waals surface area contributed by atoms with Crippen LogP contribution in [0.4, 0.5) is 10.3 Å². The van der Waals surface area contributed by atoms with Gasteiger partial charge >= 0.3 is 0 Å². The fourth-order valence-electron chi connectivity index (χ4n) is 2.03. The summed E-state index contributed by atoms with van der Waals surface area (Å²) in [7, 11) is 0. The molecule has 1 fully saturated rings. The first-order valence-electron chi connectivity index (χ1n) is 6.32. The Balaban J connectivity index is 1.75. The van der Waals surface area contributed by atoms with Crippen LogP contribution in [0.1, 0.15) is 41.4 Å². The van der Waals surface area contributed by atoms with E-state index in [-0.39, 0.29) is 11.5 Å². The van der Waals surface area contributed by atoms with E-state index in [4.69, 9.17) is 0 Å². The Morgan fingerprint density at radius 1 is 1.45 bits per heavy atom. The molecule has 0 spiro atoms. The van der Waals surface area contributed by atoms with E-state index in [9.17, 15) is 9.18 Å². The van der Waals surface area contributed by atoms with Crippen molar-refractivity contribution in [2.24, 2.45) is 0 Å². The van der Waals surface area contributed by atoms with E-state index in [2.05, 4.69) is 20.5 Å². The van der Waals surface area contributed by atoms with Crippen molar-refractivity contribution < 1.29 is 9.18 Å². The first-order valence-corrected chi connectivity index (χ1v) is 7.40. The summed E-state index contributed by atoms with van der Waals surface area (Å²) in [5.74, 6) is 0.605. The van der Waals surface area contributed by atoms with Gasteiger partial charge in [-0.15, -0.1) is 5.10 Å². The average molecular weight is 386 g/mol. The molecule has 7 heteroatoms. The first kappa shape index (κ1) is 13.5. The predicted octanol–water partition coefficient (Wildman–Crippen LogP) is 3.07. The minimum atomic E-state index is -0.444. The molecule has 1 aromatic carbocycles. The summed E-state index contributed by atoms with van der Waals surface area (Å²) >= 11 is 1.99. The van der Waals surface area contributed by atoms with Gasteiger partial charge in [-0.25, -0.2) is 4.39 Å². The number of rotatable bonds is 3. The molecule has 1 amide bonds. The van der Waals surface area contributed by atoms with Crippen LogP contribution in [0.25, 0.3) is 0 Å². The Bertz CT molecular complexity index is 654. The van der Waals surface area contributed by atoms with Gasteiger partial charge in [0.15, 0.2) is 0 Å². The van der Waals surface area contributed by atoms with Crippen molar-refractivity contribution in [3.05, 3.63) is 39.0 Å². The zero-order valence-corrected chi connectivity index (χ0v) is 12.6. The number of carbonyl (C=O) groups is 1. The molecule has 1 heterocycles. The number of aromatic nitrogens is 3. The normalized spacial score (nSPS) is 14.9. The van der Waals surface area contributed by atoms with Crippen LogP contribution in [0.15, 0.2) is 18.2 Å². The lowest BCUT2D eigenvalue weighted by atomic mass is 9.85. The topological polar surface area (TPSA) is 70.7 Å². The molecule has 1 aromatic heterocycles. The van der Waals surface area contributed by atoms with E-state index in [0.29, 0.717) is 9.49 Å². The van der Waals surface area contributed by atoms with Gasteiger partial charge in [-0.05, 0) is 53.6 Å². The van der Waals surface area contributed by atoms with E-state index in [1.54, 1.807) is 6.07 Å². The second-order valence-corrected chi connectivity index (χ2v) is 5.91. The number of carbonyl (C=O) groups excluding carboxylic acids is 1. The number of halogens is 2. The molecule has 5 nitrogen and oxygen atoms in total. The molecule has 0 radical (unpaired) electrons. The highest BCUT2D eigenvalue weighted by Gasteiger charge is 2.23. The van der Waals surface area contributed by atoms with Crippen molar-refractivity contribution in [3.8, 4) is 0 Å². The molecule has 2 aromatic rings. The molecule has 104 valence electrons. The summed E-state index contributed by atoms with van der Waals surface area (Å²) in [6, 6.07) is 4.08. The highest BCUT2D eigenvalue weighted by Crippen LogP contribution is 2.34. The number of hydrogen-bond acceptors (Lipinski definition) is 3. The van der Waals surface area contributed by atoms with Crippen molar-refractivity contribution in [3.63, 3.8) is 0 Å². The van der Waals surface area contributed by atoms with Gasteiger partial charge in [0, 0.05) is 9.49 Å². The van der Waals surface area contributed by atoms with Crippen molar-refractivity contribution in [2.75, 3.05) is 5.32 Å². The zero-order chi connectivity index (χ0) is 14.1. The minimum absolute atomic E-state index is 0.233. The predicted molar refractivity (Wildman–Crippen MR) is 80.0 cm³/mol. The van der Waals surface area contributed by atoms with Crippen molar-refractivity contribution in [1.29, 1.82) is 0 Å². The summed E-state index contributed by atoms with van der Waals surface area (Å²) < 4.78 is 13.9. The summed E-state index contributed by atoms with van der Waals surface area (Å²) in [6.45, 7) is 0. The number of anilines is 1. The number of H-pyrrole nitrogens is 1. The average Bonchev–Trinajstić information content (AvgIpc) is 2.78. The molecule has 1 saturated carbocycles. The van der Waals surface area contributed by atoms with Crippen molar-refractivity contribution in [2.45, 2.75) is 25.2 Å². The largest absolute Gasteiger partial charge is 0.289 e. The van der Waals surface area contributed by atoms with Crippen LogP contribution >= 0.6 is 22.6 Å². The van der Waals surface area contributed by atoms with Gasteiger partial charge in [0.2, 0.25) is 5.95 Å². The number of nitrogens with zero attached hydrogens (tertiary/aromatic N) is 2. The fraction of sp³-hybridized carbons (Fsp3) is 0.308. The second kappa shape index (κ2) is 5.47. The molecule has 2 N–H and O–H groups in total. The third kappa shape index (κ3) is 2.67. The van der Waals surface area contributed by atoms with E-state index >= 15 is 0 Å². The van der Waals surface area contributed by atoms with Crippen LogP contribution in [-0.4, -0.2) is 21.1 Å². The van der Waals surface area contributed by atoms with Crippen LogP contribution in [0.2, 0.25) is 0 Å². The number of benzene rings is 1. The molecule has 0 aliphatic heterocycles. The molecule has 0 atom stereocenters. The van der Waals surface area contributed by atoms with Gasteiger partial charge in [0.1, 0.15) is 11.6 Å².